The van der Waals surface area contributed by atoms with Crippen LogP contribution in [0.4, 0.5) is 0 Å². The van der Waals surface area contributed by atoms with Gasteiger partial charge in [0.25, 0.3) is 0 Å². The number of nitrogens with zero attached hydrogens (tertiary/aromatic N) is 2. The molecule has 2 heteroatoms. The zero-order chi connectivity index (χ0) is 34.7. The SMILES string of the molecule is c1ccc(-n2c3ccccc3c3ccc4ccn(-c5cccc(-c6ccc7c(c6)C6(c8ccccc8-c8ccccc86)c6ccccc6-7)c5)c4c32)cc1. The van der Waals surface area contributed by atoms with Crippen molar-refractivity contribution in [2.75, 3.05) is 0 Å². The van der Waals surface area contributed by atoms with Crippen LogP contribution in [0.2, 0.25) is 0 Å². The third kappa shape index (κ3) is 3.72. The molecule has 8 aromatic carbocycles. The maximum Gasteiger partial charge on any atom is 0.0788 e. The molecule has 0 radical (unpaired) electrons. The Morgan fingerprint density at radius 3 is 1.70 bits per heavy atom. The minimum Gasteiger partial charge on any atom is -0.315 e. The molecule has 53 heavy (non-hydrogen) atoms. The average Bonchev–Trinajstić information content (AvgIpc) is 3.97. The molecule has 2 aliphatic carbocycles. The second-order valence-corrected chi connectivity index (χ2v) is 14.5. The van der Waals surface area contributed by atoms with Gasteiger partial charge < -0.3 is 9.13 Å². The monoisotopic (exact) mass is 672 g/mol. The molecular weight excluding hydrogens is 641 g/mol. The Morgan fingerprint density at radius 1 is 0.358 bits per heavy atom. The molecule has 246 valence electrons. The Kier molecular flexibility index (Phi) is 5.73. The van der Waals surface area contributed by atoms with E-state index in [2.05, 4.69) is 203 Å². The third-order valence-electron chi connectivity index (χ3n) is 12.0. The molecule has 2 aliphatic rings. The van der Waals surface area contributed by atoms with Crippen LogP contribution in [-0.2, 0) is 5.41 Å². The summed E-state index contributed by atoms with van der Waals surface area (Å²) in [6.07, 6.45) is 2.23. The molecule has 0 N–H and O–H groups in total. The number of fused-ring (bicyclic) bond motifs is 15. The van der Waals surface area contributed by atoms with Gasteiger partial charge in [-0.1, -0.05) is 146 Å². The van der Waals surface area contributed by atoms with Crippen molar-refractivity contribution in [2.24, 2.45) is 0 Å². The summed E-state index contributed by atoms with van der Waals surface area (Å²) in [4.78, 5) is 0. The van der Waals surface area contributed by atoms with Gasteiger partial charge in [-0.2, -0.15) is 0 Å². The van der Waals surface area contributed by atoms with Crippen LogP contribution in [0.15, 0.2) is 194 Å². The van der Waals surface area contributed by atoms with E-state index in [4.69, 9.17) is 0 Å². The Balaban J connectivity index is 1.08. The highest BCUT2D eigenvalue weighted by molar-refractivity contribution is 6.18. The van der Waals surface area contributed by atoms with Gasteiger partial charge in [0.2, 0.25) is 0 Å². The topological polar surface area (TPSA) is 9.86 Å². The van der Waals surface area contributed by atoms with Crippen LogP contribution in [-0.4, -0.2) is 9.13 Å². The molecule has 2 aromatic heterocycles. The number of para-hydroxylation sites is 2. The number of hydrogen-bond acceptors (Lipinski definition) is 0. The summed E-state index contributed by atoms with van der Waals surface area (Å²) in [5, 5.41) is 3.74. The second-order valence-electron chi connectivity index (χ2n) is 14.5. The van der Waals surface area contributed by atoms with E-state index in [0.29, 0.717) is 0 Å². The van der Waals surface area contributed by atoms with E-state index in [0.717, 1.165) is 11.4 Å². The van der Waals surface area contributed by atoms with Gasteiger partial charge in [0.15, 0.2) is 0 Å². The summed E-state index contributed by atoms with van der Waals surface area (Å²) < 4.78 is 4.82. The van der Waals surface area contributed by atoms with Crippen molar-refractivity contribution in [2.45, 2.75) is 5.41 Å². The normalized spacial score (nSPS) is 13.4. The number of hydrogen-bond donors (Lipinski definition) is 0. The van der Waals surface area contributed by atoms with Gasteiger partial charge in [-0.3, -0.25) is 0 Å². The van der Waals surface area contributed by atoms with Crippen LogP contribution in [0.3, 0.4) is 0 Å². The van der Waals surface area contributed by atoms with Gasteiger partial charge in [-0.25, -0.2) is 0 Å². The van der Waals surface area contributed by atoms with E-state index in [1.807, 2.05) is 0 Å². The smallest absolute Gasteiger partial charge is 0.0788 e. The average molecular weight is 673 g/mol. The molecular formula is C51H32N2. The van der Waals surface area contributed by atoms with E-state index in [1.54, 1.807) is 0 Å². The Morgan fingerprint density at radius 2 is 0.962 bits per heavy atom. The Bertz CT molecular complexity index is 3060. The van der Waals surface area contributed by atoms with Gasteiger partial charge in [0.1, 0.15) is 0 Å². The molecule has 0 unspecified atom stereocenters. The van der Waals surface area contributed by atoms with E-state index in [9.17, 15) is 0 Å². The first-order chi connectivity index (χ1) is 26.3. The molecule has 0 amide bonds. The first-order valence-electron chi connectivity index (χ1n) is 18.4. The molecule has 1 spiro atoms. The lowest BCUT2D eigenvalue weighted by Crippen LogP contribution is -2.25. The van der Waals surface area contributed by atoms with Crippen molar-refractivity contribution in [1.29, 1.82) is 0 Å². The van der Waals surface area contributed by atoms with Crippen molar-refractivity contribution in [3.05, 3.63) is 217 Å². The standard InChI is InChI=1S/C51H32N2/c1-2-14-36(15-3-1)53-48-24-11-7-20-42(48)43-28-25-33-29-30-52(49(33)50(43)53)37-16-12-13-34(31-37)35-26-27-41-40-19-6-10-23-46(40)51(47(41)32-35)44-21-8-4-17-38(44)39-18-5-9-22-45(39)51/h1-32H. The van der Waals surface area contributed by atoms with Gasteiger partial charge in [-0.15, -0.1) is 0 Å². The van der Waals surface area contributed by atoms with Crippen LogP contribution in [0.5, 0.6) is 0 Å². The highest BCUT2D eigenvalue weighted by Gasteiger charge is 2.51. The van der Waals surface area contributed by atoms with E-state index < -0.39 is 0 Å². The molecule has 0 bridgehead atoms. The van der Waals surface area contributed by atoms with E-state index >= 15 is 0 Å². The van der Waals surface area contributed by atoms with E-state index in [-0.39, 0.29) is 5.41 Å². The highest BCUT2D eigenvalue weighted by Crippen LogP contribution is 2.63. The summed E-state index contributed by atoms with van der Waals surface area (Å²) in [5.41, 5.74) is 18.8. The van der Waals surface area contributed by atoms with Crippen LogP contribution in [0.25, 0.3) is 77.5 Å². The Hall–Kier alpha value is -6.90. The Labute approximate surface area is 307 Å². The fourth-order valence-electron chi connectivity index (χ4n) is 9.84. The van der Waals surface area contributed by atoms with E-state index in [1.165, 1.54) is 88.3 Å². The van der Waals surface area contributed by atoms with Crippen molar-refractivity contribution < 1.29 is 0 Å². The van der Waals surface area contributed by atoms with Gasteiger partial charge in [-0.05, 0) is 98.1 Å². The van der Waals surface area contributed by atoms with Crippen LogP contribution >= 0.6 is 0 Å². The van der Waals surface area contributed by atoms with Gasteiger partial charge >= 0.3 is 0 Å². The molecule has 0 fully saturated rings. The first kappa shape index (κ1) is 28.8. The summed E-state index contributed by atoms with van der Waals surface area (Å²) >= 11 is 0. The number of aromatic nitrogens is 2. The largest absolute Gasteiger partial charge is 0.315 e. The first-order valence-corrected chi connectivity index (χ1v) is 18.4. The maximum atomic E-state index is 2.48. The molecule has 0 atom stereocenters. The summed E-state index contributed by atoms with van der Waals surface area (Å²) in [6, 6.07) is 69.7. The van der Waals surface area contributed by atoms with Crippen molar-refractivity contribution in [1.82, 2.24) is 9.13 Å². The van der Waals surface area contributed by atoms with Gasteiger partial charge in [0.05, 0.1) is 22.0 Å². The second kappa shape index (κ2) is 10.6. The van der Waals surface area contributed by atoms with Crippen LogP contribution in [0, 0.1) is 0 Å². The molecule has 2 heterocycles. The van der Waals surface area contributed by atoms with Crippen molar-refractivity contribution >= 4 is 32.7 Å². The third-order valence-corrected chi connectivity index (χ3v) is 12.0. The zero-order valence-corrected chi connectivity index (χ0v) is 28.9. The lowest BCUT2D eigenvalue weighted by Gasteiger charge is -2.30. The number of rotatable bonds is 3. The number of benzene rings is 8. The fourth-order valence-corrected chi connectivity index (χ4v) is 9.84. The minimum atomic E-state index is -0.361. The predicted molar refractivity (Wildman–Crippen MR) is 219 cm³/mol. The summed E-state index contributed by atoms with van der Waals surface area (Å²) in [5.74, 6) is 0. The van der Waals surface area contributed by atoms with Crippen molar-refractivity contribution in [3.8, 4) is 44.8 Å². The minimum absolute atomic E-state index is 0.361. The lowest BCUT2D eigenvalue weighted by atomic mass is 9.70. The fraction of sp³-hybridized carbons (Fsp3) is 0.0196. The summed E-state index contributed by atoms with van der Waals surface area (Å²) in [6.45, 7) is 0. The zero-order valence-electron chi connectivity index (χ0n) is 28.9. The highest BCUT2D eigenvalue weighted by atomic mass is 15.0. The molecule has 10 aromatic rings. The van der Waals surface area contributed by atoms with Gasteiger partial charge in [0, 0.05) is 33.7 Å². The predicted octanol–water partition coefficient (Wildman–Crippen LogP) is 12.7. The summed E-state index contributed by atoms with van der Waals surface area (Å²) in [7, 11) is 0. The molecule has 0 saturated carbocycles. The van der Waals surface area contributed by atoms with Crippen LogP contribution < -0.4 is 0 Å². The molecule has 0 aliphatic heterocycles. The van der Waals surface area contributed by atoms with Crippen LogP contribution in [0.1, 0.15) is 22.3 Å². The quantitative estimate of drug-likeness (QED) is 0.177. The van der Waals surface area contributed by atoms with Crippen molar-refractivity contribution in [3.63, 3.8) is 0 Å². The molecule has 2 nitrogen and oxygen atoms in total. The molecule has 12 rings (SSSR count). The lowest BCUT2D eigenvalue weighted by molar-refractivity contribution is 0.794. The molecule has 0 saturated heterocycles. The maximum absolute atomic E-state index is 2.48.